The molecule has 0 atom stereocenters. The molecule has 0 aliphatic heterocycles. The molecular formula is C14H12O3. The van der Waals surface area contributed by atoms with Crippen molar-refractivity contribution in [1.29, 1.82) is 0 Å². The highest BCUT2D eigenvalue weighted by molar-refractivity contribution is 5.75. The minimum atomic E-state index is -0.167. The molecule has 0 aliphatic carbocycles. The lowest BCUT2D eigenvalue weighted by molar-refractivity contribution is 0.403. The molecule has 0 saturated carbocycles. The Hall–Kier alpha value is -2.42. The molecule has 3 N–H and O–H groups in total. The van der Waals surface area contributed by atoms with Crippen LogP contribution in [0.4, 0.5) is 0 Å². The van der Waals surface area contributed by atoms with E-state index in [1.807, 2.05) is 6.07 Å². The van der Waals surface area contributed by atoms with E-state index in [9.17, 15) is 15.3 Å². The highest BCUT2D eigenvalue weighted by Crippen LogP contribution is 2.30. The van der Waals surface area contributed by atoms with Gasteiger partial charge in [-0.05, 0) is 12.1 Å². The molecular weight excluding hydrogens is 216 g/mol. The quantitative estimate of drug-likeness (QED) is 0.547. The maximum absolute atomic E-state index is 9.58. The zero-order valence-electron chi connectivity index (χ0n) is 9.04. The van der Waals surface area contributed by atoms with Crippen LogP contribution in [0.15, 0.2) is 42.5 Å². The van der Waals surface area contributed by atoms with Crippen LogP contribution >= 0.6 is 0 Å². The van der Waals surface area contributed by atoms with Crippen molar-refractivity contribution in [3.8, 4) is 17.2 Å². The summed E-state index contributed by atoms with van der Waals surface area (Å²) in [5, 5.41) is 28.4. The third-order valence-electron chi connectivity index (χ3n) is 2.43. The Morgan fingerprint density at radius 3 is 2.00 bits per heavy atom. The van der Waals surface area contributed by atoms with Crippen molar-refractivity contribution in [2.24, 2.45) is 0 Å². The van der Waals surface area contributed by atoms with Crippen LogP contribution in [0.5, 0.6) is 17.2 Å². The van der Waals surface area contributed by atoms with E-state index in [4.69, 9.17) is 0 Å². The van der Waals surface area contributed by atoms with Crippen molar-refractivity contribution in [1.82, 2.24) is 0 Å². The second-order valence-corrected chi connectivity index (χ2v) is 3.61. The third-order valence-corrected chi connectivity index (χ3v) is 2.43. The molecule has 0 unspecified atom stereocenters. The van der Waals surface area contributed by atoms with Gasteiger partial charge in [0.05, 0.1) is 0 Å². The topological polar surface area (TPSA) is 60.7 Å². The van der Waals surface area contributed by atoms with Gasteiger partial charge in [-0.25, -0.2) is 0 Å². The summed E-state index contributed by atoms with van der Waals surface area (Å²) in [4.78, 5) is 0. The van der Waals surface area contributed by atoms with Crippen LogP contribution in [0, 0.1) is 0 Å². The lowest BCUT2D eigenvalue weighted by Gasteiger charge is -2.01. The number of para-hydroxylation sites is 2. The molecule has 2 rings (SSSR count). The first kappa shape index (κ1) is 11.1. The van der Waals surface area contributed by atoms with Crippen LogP contribution < -0.4 is 0 Å². The Kier molecular flexibility index (Phi) is 3.01. The van der Waals surface area contributed by atoms with Gasteiger partial charge >= 0.3 is 0 Å². The summed E-state index contributed by atoms with van der Waals surface area (Å²) in [5.74, 6) is -0.160. The van der Waals surface area contributed by atoms with Crippen molar-refractivity contribution < 1.29 is 15.3 Å². The summed E-state index contributed by atoms with van der Waals surface area (Å²) in [6.07, 6.45) is 3.30. The number of benzene rings is 2. The zero-order chi connectivity index (χ0) is 12.3. The summed E-state index contributed by atoms with van der Waals surface area (Å²) < 4.78 is 0. The normalized spacial score (nSPS) is 10.8. The van der Waals surface area contributed by atoms with Crippen molar-refractivity contribution >= 4 is 12.2 Å². The number of aromatic hydroxyl groups is 3. The SMILES string of the molecule is Oc1ccccc1/C=C/c1cccc(O)c1O. The maximum atomic E-state index is 9.58. The van der Waals surface area contributed by atoms with Crippen LogP contribution in [0.3, 0.4) is 0 Å². The van der Waals surface area contributed by atoms with E-state index < -0.39 is 0 Å². The van der Waals surface area contributed by atoms with Crippen LogP contribution in [0.25, 0.3) is 12.2 Å². The average Bonchev–Trinajstić information content (AvgIpc) is 2.33. The predicted octanol–water partition coefficient (Wildman–Crippen LogP) is 2.97. The van der Waals surface area contributed by atoms with E-state index in [1.54, 1.807) is 42.5 Å². The van der Waals surface area contributed by atoms with E-state index in [2.05, 4.69) is 0 Å². The van der Waals surface area contributed by atoms with Crippen molar-refractivity contribution in [3.63, 3.8) is 0 Å². The van der Waals surface area contributed by atoms with Gasteiger partial charge in [-0.2, -0.15) is 0 Å². The van der Waals surface area contributed by atoms with E-state index in [-0.39, 0.29) is 17.2 Å². The minimum absolute atomic E-state index is 0.163. The molecule has 2 aromatic carbocycles. The van der Waals surface area contributed by atoms with Gasteiger partial charge in [0.2, 0.25) is 0 Å². The van der Waals surface area contributed by atoms with Crippen molar-refractivity contribution in [2.45, 2.75) is 0 Å². The van der Waals surface area contributed by atoms with Gasteiger partial charge in [-0.1, -0.05) is 42.5 Å². The third kappa shape index (κ3) is 2.39. The Morgan fingerprint density at radius 1 is 0.647 bits per heavy atom. The van der Waals surface area contributed by atoms with Gasteiger partial charge in [0.15, 0.2) is 11.5 Å². The Bertz CT molecular complexity index is 559. The van der Waals surface area contributed by atoms with Crippen molar-refractivity contribution in [2.75, 3.05) is 0 Å². The van der Waals surface area contributed by atoms with Crippen LogP contribution in [-0.2, 0) is 0 Å². The van der Waals surface area contributed by atoms with Gasteiger partial charge in [0, 0.05) is 11.1 Å². The molecule has 0 fully saturated rings. The maximum Gasteiger partial charge on any atom is 0.164 e. The fourth-order valence-electron chi connectivity index (χ4n) is 1.49. The largest absolute Gasteiger partial charge is 0.507 e. The molecule has 0 aromatic heterocycles. The molecule has 0 amide bonds. The van der Waals surface area contributed by atoms with Gasteiger partial charge in [0.25, 0.3) is 0 Å². The second-order valence-electron chi connectivity index (χ2n) is 3.61. The summed E-state index contributed by atoms with van der Waals surface area (Å²) in [5.41, 5.74) is 1.14. The first-order valence-corrected chi connectivity index (χ1v) is 5.15. The standard InChI is InChI=1S/C14H12O3/c15-12-6-2-1-4-10(12)8-9-11-5-3-7-13(16)14(11)17/h1-9,15-17H/b9-8+. The van der Waals surface area contributed by atoms with Crippen LogP contribution in [0.2, 0.25) is 0 Å². The second kappa shape index (κ2) is 4.61. The van der Waals surface area contributed by atoms with Gasteiger partial charge in [-0.15, -0.1) is 0 Å². The lowest BCUT2D eigenvalue weighted by Crippen LogP contribution is -1.76. The number of hydrogen-bond acceptors (Lipinski definition) is 3. The molecule has 0 aliphatic rings. The van der Waals surface area contributed by atoms with Gasteiger partial charge in [0.1, 0.15) is 5.75 Å². The predicted molar refractivity (Wildman–Crippen MR) is 66.8 cm³/mol. The smallest absolute Gasteiger partial charge is 0.164 e. The van der Waals surface area contributed by atoms with Gasteiger partial charge < -0.3 is 15.3 Å². The number of hydrogen-bond donors (Lipinski definition) is 3. The van der Waals surface area contributed by atoms with E-state index in [1.165, 1.54) is 6.07 Å². The molecule has 3 nitrogen and oxygen atoms in total. The fraction of sp³-hybridized carbons (Fsp3) is 0. The first-order valence-electron chi connectivity index (χ1n) is 5.15. The van der Waals surface area contributed by atoms with E-state index in [0.29, 0.717) is 11.1 Å². The molecule has 2 aromatic rings. The minimum Gasteiger partial charge on any atom is -0.507 e. The molecule has 86 valence electrons. The molecule has 0 radical (unpaired) electrons. The van der Waals surface area contributed by atoms with Crippen molar-refractivity contribution in [3.05, 3.63) is 53.6 Å². The molecule has 0 saturated heterocycles. The average molecular weight is 228 g/mol. The Balaban J connectivity index is 2.33. The van der Waals surface area contributed by atoms with Gasteiger partial charge in [-0.3, -0.25) is 0 Å². The molecule has 0 heterocycles. The number of phenols is 3. The highest BCUT2D eigenvalue weighted by atomic mass is 16.3. The van der Waals surface area contributed by atoms with Crippen LogP contribution in [0.1, 0.15) is 11.1 Å². The first-order chi connectivity index (χ1) is 8.18. The molecule has 0 bridgehead atoms. The van der Waals surface area contributed by atoms with E-state index >= 15 is 0 Å². The summed E-state index contributed by atoms with van der Waals surface area (Å²) in [6.45, 7) is 0. The number of rotatable bonds is 2. The fourth-order valence-corrected chi connectivity index (χ4v) is 1.49. The summed E-state index contributed by atoms with van der Waals surface area (Å²) in [6, 6.07) is 11.6. The Morgan fingerprint density at radius 2 is 1.24 bits per heavy atom. The highest BCUT2D eigenvalue weighted by Gasteiger charge is 2.02. The molecule has 0 spiro atoms. The molecule has 17 heavy (non-hydrogen) atoms. The lowest BCUT2D eigenvalue weighted by atomic mass is 10.1. The van der Waals surface area contributed by atoms with E-state index in [0.717, 1.165) is 0 Å². The number of phenolic OH excluding ortho intramolecular Hbond substituents is 3. The summed E-state index contributed by atoms with van der Waals surface area (Å²) in [7, 11) is 0. The molecule has 3 heteroatoms. The zero-order valence-corrected chi connectivity index (χ0v) is 9.04. The van der Waals surface area contributed by atoms with Crippen LogP contribution in [-0.4, -0.2) is 15.3 Å². The Labute approximate surface area is 98.9 Å². The summed E-state index contributed by atoms with van der Waals surface area (Å²) >= 11 is 0. The monoisotopic (exact) mass is 228 g/mol.